The predicted octanol–water partition coefficient (Wildman–Crippen LogP) is 10.0. The first-order valence-electron chi connectivity index (χ1n) is 16.1. The average Bonchev–Trinajstić information content (AvgIpc) is 2.85. The molecule has 206 valence electrons. The van der Waals surface area contributed by atoms with Gasteiger partial charge in [-0.1, -0.05) is 94.9 Å². The Hall–Kier alpha value is -0.600. The Morgan fingerprint density at radius 1 is 0.371 bits per heavy atom. The van der Waals surface area contributed by atoms with Crippen LogP contribution in [0.1, 0.15) is 162 Å². The maximum atomic E-state index is 3.66. The Morgan fingerprint density at radius 2 is 0.657 bits per heavy atom. The van der Waals surface area contributed by atoms with Gasteiger partial charge in [0, 0.05) is 12.1 Å². The maximum Gasteiger partial charge on any atom is 0.00387 e. The third kappa shape index (κ3) is 24.9. The van der Waals surface area contributed by atoms with Gasteiger partial charge in [-0.15, -0.1) is 0 Å². The molecule has 0 saturated carbocycles. The van der Waals surface area contributed by atoms with Gasteiger partial charge in [-0.3, -0.25) is 0 Å². The first kappa shape index (κ1) is 32.4. The lowest BCUT2D eigenvalue weighted by Gasteiger charge is -2.13. The van der Waals surface area contributed by atoms with Crippen molar-refractivity contribution >= 4 is 0 Å². The Kier molecular flexibility index (Phi) is 24.5. The van der Waals surface area contributed by atoms with E-state index in [9.17, 15) is 0 Å². The summed E-state index contributed by atoms with van der Waals surface area (Å²) < 4.78 is 0. The fraction of sp³-hybridized carbons (Fsp3) is 0.879. The van der Waals surface area contributed by atoms with Crippen LogP contribution < -0.4 is 10.6 Å². The molecule has 35 heavy (non-hydrogen) atoms. The standard InChI is InChI=1S/C17H33N.C16H31N/c1-17-15-13-11-9-7-5-3-2-4-6-8-10-12-14-16-18-17;1-16-14-12-10-8-6-4-2-3-5-7-9-11-13-15-17-16/h2-3,17-18H,4-16H2,1H3;2-3,16-17H,4-15H2,1H3. The molecule has 2 heterocycles. The van der Waals surface area contributed by atoms with Crippen molar-refractivity contribution in [3.63, 3.8) is 0 Å². The van der Waals surface area contributed by atoms with Crippen LogP contribution in [0.5, 0.6) is 0 Å². The van der Waals surface area contributed by atoms with Gasteiger partial charge in [0.15, 0.2) is 0 Å². The van der Waals surface area contributed by atoms with E-state index in [1.165, 1.54) is 161 Å². The highest BCUT2D eigenvalue weighted by molar-refractivity contribution is 4.82. The normalized spacial score (nSPS) is 26.7. The number of allylic oxidation sites excluding steroid dienone is 4. The van der Waals surface area contributed by atoms with Crippen molar-refractivity contribution in [1.29, 1.82) is 0 Å². The molecule has 2 atom stereocenters. The van der Waals surface area contributed by atoms with Crippen molar-refractivity contribution in [2.24, 2.45) is 0 Å². The predicted molar refractivity (Wildman–Crippen MR) is 159 cm³/mol. The van der Waals surface area contributed by atoms with Crippen LogP contribution in [0.3, 0.4) is 0 Å². The smallest absolute Gasteiger partial charge is 0.00387 e. The molecule has 2 aliphatic heterocycles. The fourth-order valence-electron chi connectivity index (χ4n) is 5.16. The lowest BCUT2D eigenvalue weighted by molar-refractivity contribution is 0.468. The number of hydrogen-bond acceptors (Lipinski definition) is 2. The summed E-state index contributed by atoms with van der Waals surface area (Å²) in [6.07, 6.45) is 41.3. The molecule has 0 fully saturated rings. The topological polar surface area (TPSA) is 24.1 Å². The van der Waals surface area contributed by atoms with Crippen LogP contribution in [0.15, 0.2) is 24.3 Å². The highest BCUT2D eigenvalue weighted by Crippen LogP contribution is 2.11. The van der Waals surface area contributed by atoms with Crippen LogP contribution in [-0.2, 0) is 0 Å². The first-order chi connectivity index (χ1) is 17.3. The van der Waals surface area contributed by atoms with Crippen LogP contribution in [-0.4, -0.2) is 25.2 Å². The van der Waals surface area contributed by atoms with Gasteiger partial charge in [0.2, 0.25) is 0 Å². The van der Waals surface area contributed by atoms with Gasteiger partial charge in [-0.05, 0) is 104 Å². The number of hydrogen-bond donors (Lipinski definition) is 2. The van der Waals surface area contributed by atoms with Crippen molar-refractivity contribution in [2.75, 3.05) is 13.1 Å². The molecule has 2 unspecified atom stereocenters. The molecule has 2 rings (SSSR count). The highest BCUT2D eigenvalue weighted by Gasteiger charge is 2.02. The van der Waals surface area contributed by atoms with Crippen LogP contribution >= 0.6 is 0 Å². The Balaban J connectivity index is 0.000000351. The van der Waals surface area contributed by atoms with E-state index in [2.05, 4.69) is 48.8 Å². The summed E-state index contributed by atoms with van der Waals surface area (Å²) in [6, 6.07) is 1.45. The lowest BCUT2D eigenvalue weighted by atomic mass is 10.1. The van der Waals surface area contributed by atoms with Crippen LogP contribution in [0, 0.1) is 0 Å². The summed E-state index contributed by atoms with van der Waals surface area (Å²) in [7, 11) is 0. The minimum atomic E-state index is 0.723. The van der Waals surface area contributed by atoms with Crippen molar-refractivity contribution in [1.82, 2.24) is 10.6 Å². The molecule has 2 nitrogen and oxygen atoms in total. The Labute approximate surface area is 221 Å². The maximum absolute atomic E-state index is 3.66. The van der Waals surface area contributed by atoms with Crippen molar-refractivity contribution < 1.29 is 0 Å². The summed E-state index contributed by atoms with van der Waals surface area (Å²) in [5, 5.41) is 7.31. The van der Waals surface area contributed by atoms with Gasteiger partial charge in [-0.2, -0.15) is 0 Å². The lowest BCUT2D eigenvalue weighted by Crippen LogP contribution is -2.26. The first-order valence-corrected chi connectivity index (χ1v) is 16.1. The SMILES string of the molecule is CC1CCCCCCC=CCCCCCCCN1.CC1CCCCCCC=CCCCCCCN1. The second-order valence-electron chi connectivity index (χ2n) is 11.4. The zero-order valence-corrected chi connectivity index (χ0v) is 24.1. The molecule has 2 aliphatic rings. The van der Waals surface area contributed by atoms with E-state index in [0.29, 0.717) is 0 Å². The largest absolute Gasteiger partial charge is 0.314 e. The van der Waals surface area contributed by atoms with Gasteiger partial charge in [0.05, 0.1) is 0 Å². The number of nitrogens with one attached hydrogen (secondary N) is 2. The molecular formula is C33H64N2. The van der Waals surface area contributed by atoms with Gasteiger partial charge < -0.3 is 10.6 Å². The Morgan fingerprint density at radius 3 is 1.03 bits per heavy atom. The molecule has 0 aromatic carbocycles. The van der Waals surface area contributed by atoms with Crippen molar-refractivity contribution in [2.45, 2.75) is 174 Å². The minimum Gasteiger partial charge on any atom is -0.314 e. The third-order valence-electron chi connectivity index (χ3n) is 7.68. The van der Waals surface area contributed by atoms with E-state index < -0.39 is 0 Å². The van der Waals surface area contributed by atoms with Gasteiger partial charge in [0.1, 0.15) is 0 Å². The molecule has 0 spiro atoms. The highest BCUT2D eigenvalue weighted by atomic mass is 14.9. The molecule has 0 aromatic heterocycles. The summed E-state index contributed by atoms with van der Waals surface area (Å²) in [5.41, 5.74) is 0. The zero-order chi connectivity index (χ0) is 25.1. The van der Waals surface area contributed by atoms with Gasteiger partial charge >= 0.3 is 0 Å². The molecule has 0 radical (unpaired) electrons. The molecule has 2 N–H and O–H groups in total. The van der Waals surface area contributed by atoms with Crippen LogP contribution in [0.2, 0.25) is 0 Å². The summed E-state index contributed by atoms with van der Waals surface area (Å²) in [6.45, 7) is 7.13. The number of rotatable bonds is 0. The average molecular weight is 489 g/mol. The molecule has 0 aliphatic carbocycles. The molecule has 0 aromatic rings. The molecule has 0 saturated heterocycles. The van der Waals surface area contributed by atoms with E-state index >= 15 is 0 Å². The Bertz CT molecular complexity index is 470. The third-order valence-corrected chi connectivity index (χ3v) is 7.68. The second kappa shape index (κ2) is 26.5. The fourth-order valence-corrected chi connectivity index (χ4v) is 5.16. The van der Waals surface area contributed by atoms with Crippen LogP contribution in [0.25, 0.3) is 0 Å². The van der Waals surface area contributed by atoms with E-state index in [4.69, 9.17) is 0 Å². The minimum absolute atomic E-state index is 0.723. The summed E-state index contributed by atoms with van der Waals surface area (Å²) >= 11 is 0. The van der Waals surface area contributed by atoms with Gasteiger partial charge in [-0.25, -0.2) is 0 Å². The quantitative estimate of drug-likeness (QED) is 0.331. The van der Waals surface area contributed by atoms with E-state index in [-0.39, 0.29) is 0 Å². The second-order valence-corrected chi connectivity index (χ2v) is 11.4. The monoisotopic (exact) mass is 489 g/mol. The van der Waals surface area contributed by atoms with E-state index in [1.807, 2.05) is 0 Å². The molecular weight excluding hydrogens is 424 g/mol. The van der Waals surface area contributed by atoms with E-state index in [1.54, 1.807) is 0 Å². The van der Waals surface area contributed by atoms with E-state index in [0.717, 1.165) is 12.1 Å². The zero-order valence-electron chi connectivity index (χ0n) is 24.1. The van der Waals surface area contributed by atoms with Crippen molar-refractivity contribution in [3.05, 3.63) is 24.3 Å². The summed E-state index contributed by atoms with van der Waals surface area (Å²) in [5.74, 6) is 0. The molecule has 2 heteroatoms. The van der Waals surface area contributed by atoms with Crippen LogP contribution in [0.4, 0.5) is 0 Å². The molecule has 0 bridgehead atoms. The van der Waals surface area contributed by atoms with Crippen molar-refractivity contribution in [3.8, 4) is 0 Å². The molecule has 0 amide bonds. The van der Waals surface area contributed by atoms with Gasteiger partial charge in [0.25, 0.3) is 0 Å². The summed E-state index contributed by atoms with van der Waals surface area (Å²) in [4.78, 5) is 0.